The first-order valence-corrected chi connectivity index (χ1v) is 8.49. The third-order valence-corrected chi connectivity index (χ3v) is 4.55. The van der Waals surface area contributed by atoms with Crippen LogP contribution in [0.2, 0.25) is 0 Å². The Kier molecular flexibility index (Phi) is 6.38. The van der Waals surface area contributed by atoms with Crippen molar-refractivity contribution < 1.29 is 53.1 Å². The zero-order valence-electron chi connectivity index (χ0n) is 14.4. The van der Waals surface area contributed by atoms with Gasteiger partial charge >= 0.3 is 24.2 Å². The van der Waals surface area contributed by atoms with Gasteiger partial charge in [-0.3, -0.25) is 4.79 Å². The fourth-order valence-corrected chi connectivity index (χ4v) is 2.99. The van der Waals surface area contributed by atoms with Gasteiger partial charge in [0.25, 0.3) is 5.91 Å². The van der Waals surface area contributed by atoms with Gasteiger partial charge in [-0.1, -0.05) is 0 Å². The standard InChI is InChI=1S/C17H7BrF11NO/c18-11-6-8(14(20,16(24,25)26)17(27,28)29)5-10(15(21,22)23)12(11)30-13(31)7-1-3-9(19)4-2-7/h1-6H,(H,30,31). The van der Waals surface area contributed by atoms with Gasteiger partial charge in [-0.15, -0.1) is 0 Å². The topological polar surface area (TPSA) is 29.1 Å². The number of hydrogen-bond acceptors (Lipinski definition) is 1. The maximum atomic E-state index is 14.2. The first-order chi connectivity index (χ1) is 13.9. The Morgan fingerprint density at radius 1 is 0.806 bits per heavy atom. The highest BCUT2D eigenvalue weighted by molar-refractivity contribution is 9.10. The average Bonchev–Trinajstić information content (AvgIpc) is 2.60. The molecule has 2 nitrogen and oxygen atoms in total. The second kappa shape index (κ2) is 7.95. The van der Waals surface area contributed by atoms with E-state index in [0.717, 1.165) is 24.3 Å². The van der Waals surface area contributed by atoms with Crippen LogP contribution in [0.25, 0.3) is 0 Å². The Labute approximate surface area is 174 Å². The fraction of sp³-hybridized carbons (Fsp3) is 0.235. The minimum atomic E-state index is -6.65. The molecule has 170 valence electrons. The van der Waals surface area contributed by atoms with E-state index >= 15 is 0 Å². The summed E-state index contributed by atoms with van der Waals surface area (Å²) in [5.74, 6) is -2.09. The summed E-state index contributed by atoms with van der Waals surface area (Å²) >= 11 is 2.35. The van der Waals surface area contributed by atoms with Crippen LogP contribution in [0.5, 0.6) is 0 Å². The normalized spacial score (nSPS) is 13.3. The van der Waals surface area contributed by atoms with Gasteiger partial charge in [0, 0.05) is 15.6 Å². The molecule has 0 atom stereocenters. The van der Waals surface area contributed by atoms with Crippen molar-refractivity contribution in [2.24, 2.45) is 0 Å². The number of benzene rings is 2. The van der Waals surface area contributed by atoms with Crippen LogP contribution in [-0.4, -0.2) is 18.3 Å². The van der Waals surface area contributed by atoms with E-state index in [-0.39, 0.29) is 11.6 Å². The average molecular weight is 530 g/mol. The Bertz CT molecular complexity index is 964. The summed E-state index contributed by atoms with van der Waals surface area (Å²) in [7, 11) is 0. The largest absolute Gasteiger partial charge is 0.435 e. The van der Waals surface area contributed by atoms with E-state index in [0.29, 0.717) is 0 Å². The van der Waals surface area contributed by atoms with Crippen molar-refractivity contribution in [1.82, 2.24) is 0 Å². The van der Waals surface area contributed by atoms with Gasteiger partial charge in [-0.05, 0) is 52.3 Å². The van der Waals surface area contributed by atoms with E-state index < -0.39 is 63.3 Å². The van der Waals surface area contributed by atoms with Crippen LogP contribution < -0.4 is 5.32 Å². The van der Waals surface area contributed by atoms with E-state index in [4.69, 9.17) is 0 Å². The molecular weight excluding hydrogens is 523 g/mol. The molecule has 0 aromatic heterocycles. The lowest BCUT2D eigenvalue weighted by atomic mass is 9.92. The third kappa shape index (κ3) is 4.77. The van der Waals surface area contributed by atoms with Crippen LogP contribution in [0.3, 0.4) is 0 Å². The lowest BCUT2D eigenvalue weighted by Gasteiger charge is -2.31. The molecule has 0 aliphatic carbocycles. The molecular formula is C17H7BrF11NO. The molecule has 0 saturated carbocycles. The van der Waals surface area contributed by atoms with Gasteiger partial charge in [-0.2, -0.15) is 39.5 Å². The number of rotatable bonds is 3. The summed E-state index contributed by atoms with van der Waals surface area (Å²) in [6, 6.07) is 2.42. The molecule has 1 amide bonds. The summed E-state index contributed by atoms with van der Waals surface area (Å²) in [5, 5.41) is 1.66. The van der Waals surface area contributed by atoms with Gasteiger partial charge in [0.1, 0.15) is 5.82 Å². The molecule has 0 aliphatic rings. The quantitative estimate of drug-likeness (QED) is 0.420. The summed E-state index contributed by atoms with van der Waals surface area (Å²) in [6.45, 7) is 0. The van der Waals surface area contributed by atoms with Crippen LogP contribution in [-0.2, 0) is 11.8 Å². The fourth-order valence-electron chi connectivity index (χ4n) is 2.43. The molecule has 14 heteroatoms. The molecule has 0 unspecified atom stereocenters. The van der Waals surface area contributed by atoms with Gasteiger partial charge in [0.05, 0.1) is 11.3 Å². The molecule has 0 bridgehead atoms. The summed E-state index contributed by atoms with van der Waals surface area (Å²) in [4.78, 5) is 12.1. The van der Waals surface area contributed by atoms with Crippen molar-refractivity contribution in [1.29, 1.82) is 0 Å². The van der Waals surface area contributed by atoms with Crippen molar-refractivity contribution in [2.45, 2.75) is 24.2 Å². The van der Waals surface area contributed by atoms with E-state index in [1.165, 1.54) is 0 Å². The summed E-state index contributed by atoms with van der Waals surface area (Å²) < 4.78 is 144. The summed E-state index contributed by atoms with van der Waals surface area (Å²) in [6.07, 6.45) is -18.9. The number of alkyl halides is 10. The summed E-state index contributed by atoms with van der Waals surface area (Å²) in [5.41, 5.74) is -12.3. The SMILES string of the molecule is O=C(Nc1c(Br)cc(C(F)(C(F)(F)F)C(F)(F)F)cc1C(F)(F)F)c1ccc(F)cc1. The van der Waals surface area contributed by atoms with Crippen molar-refractivity contribution in [3.8, 4) is 0 Å². The highest BCUT2D eigenvalue weighted by atomic mass is 79.9. The van der Waals surface area contributed by atoms with Crippen molar-refractivity contribution in [3.63, 3.8) is 0 Å². The lowest BCUT2D eigenvalue weighted by Crippen LogP contribution is -2.50. The van der Waals surface area contributed by atoms with Crippen molar-refractivity contribution >= 4 is 27.5 Å². The number of halogens is 12. The second-order valence-corrected chi connectivity index (χ2v) is 6.85. The first-order valence-electron chi connectivity index (χ1n) is 7.70. The van der Waals surface area contributed by atoms with Crippen LogP contribution >= 0.6 is 15.9 Å². The molecule has 0 radical (unpaired) electrons. The molecule has 2 aromatic carbocycles. The zero-order valence-corrected chi connectivity index (χ0v) is 16.0. The predicted octanol–water partition coefficient (Wildman–Crippen LogP) is 7.15. The Hall–Kier alpha value is -2.38. The van der Waals surface area contributed by atoms with E-state index in [1.807, 2.05) is 0 Å². The molecule has 0 spiro atoms. The van der Waals surface area contributed by atoms with Crippen LogP contribution in [0.4, 0.5) is 54.0 Å². The maximum Gasteiger partial charge on any atom is 0.435 e. The van der Waals surface area contributed by atoms with Gasteiger partial charge in [0.2, 0.25) is 0 Å². The number of carbonyl (C=O) groups excluding carboxylic acids is 1. The number of anilines is 1. The molecule has 0 aliphatic heterocycles. The molecule has 0 saturated heterocycles. The minimum Gasteiger partial charge on any atom is -0.320 e. The highest BCUT2D eigenvalue weighted by Gasteiger charge is 2.73. The second-order valence-electron chi connectivity index (χ2n) is 5.99. The smallest absolute Gasteiger partial charge is 0.320 e. The minimum absolute atomic E-state index is 0.170. The molecule has 1 N–H and O–H groups in total. The Balaban J connectivity index is 2.68. The van der Waals surface area contributed by atoms with Crippen LogP contribution in [0, 0.1) is 5.82 Å². The van der Waals surface area contributed by atoms with Crippen molar-refractivity contribution in [3.05, 3.63) is 63.4 Å². The number of nitrogens with one attached hydrogen (secondary N) is 1. The number of amides is 1. The van der Waals surface area contributed by atoms with Gasteiger partial charge < -0.3 is 5.32 Å². The van der Waals surface area contributed by atoms with Gasteiger partial charge in [-0.25, -0.2) is 8.78 Å². The Morgan fingerprint density at radius 3 is 1.71 bits per heavy atom. The first kappa shape index (κ1) is 24.9. The maximum absolute atomic E-state index is 14.2. The van der Waals surface area contributed by atoms with Crippen molar-refractivity contribution in [2.75, 3.05) is 5.32 Å². The molecule has 2 rings (SSSR count). The van der Waals surface area contributed by atoms with E-state index in [1.54, 1.807) is 5.32 Å². The zero-order chi connectivity index (χ0) is 24.0. The highest BCUT2D eigenvalue weighted by Crippen LogP contribution is 2.55. The number of hydrogen-bond donors (Lipinski definition) is 1. The molecule has 0 fully saturated rings. The molecule has 31 heavy (non-hydrogen) atoms. The van der Waals surface area contributed by atoms with Gasteiger partial charge in [0.15, 0.2) is 0 Å². The Morgan fingerprint density at radius 2 is 1.29 bits per heavy atom. The van der Waals surface area contributed by atoms with E-state index in [9.17, 15) is 53.1 Å². The third-order valence-electron chi connectivity index (χ3n) is 3.92. The molecule has 2 aromatic rings. The van der Waals surface area contributed by atoms with E-state index in [2.05, 4.69) is 15.9 Å². The molecule has 0 heterocycles. The monoisotopic (exact) mass is 529 g/mol. The van der Waals surface area contributed by atoms with Crippen LogP contribution in [0.15, 0.2) is 40.9 Å². The predicted molar refractivity (Wildman–Crippen MR) is 88.4 cm³/mol. The lowest BCUT2D eigenvalue weighted by molar-refractivity contribution is -0.348. The van der Waals surface area contributed by atoms with Crippen LogP contribution in [0.1, 0.15) is 21.5 Å². The number of carbonyl (C=O) groups is 1.